The minimum Gasteiger partial charge on any atom is -0.396 e. The first-order valence-electron chi connectivity index (χ1n) is 7.66. The van der Waals surface area contributed by atoms with E-state index in [9.17, 15) is 9.90 Å². The molecular weight excluding hydrogens is 242 g/mol. The molecule has 0 radical (unpaired) electrons. The van der Waals surface area contributed by atoms with E-state index in [2.05, 4.69) is 5.48 Å². The van der Waals surface area contributed by atoms with Crippen LogP contribution in [0.25, 0.3) is 0 Å². The van der Waals surface area contributed by atoms with E-state index in [1.165, 1.54) is 6.42 Å². The van der Waals surface area contributed by atoms with E-state index in [4.69, 9.17) is 5.21 Å². The molecule has 5 unspecified atom stereocenters. The summed E-state index contributed by atoms with van der Waals surface area (Å²) in [5.74, 6) is 2.01. The number of carbonyl (C=O) groups excluding carboxylic acids is 1. The average molecular weight is 269 g/mol. The number of aliphatic hydroxyl groups is 1. The SMILES string of the molecule is CC(=O)C1CCCC(C2CCC(NO)C(CO)C2)C1. The zero-order chi connectivity index (χ0) is 13.8. The van der Waals surface area contributed by atoms with E-state index in [-0.39, 0.29) is 24.5 Å². The van der Waals surface area contributed by atoms with Gasteiger partial charge in [0.1, 0.15) is 5.78 Å². The van der Waals surface area contributed by atoms with Crippen LogP contribution in [0.3, 0.4) is 0 Å². The third-order valence-corrected chi connectivity index (χ3v) is 5.38. The van der Waals surface area contributed by atoms with Crippen LogP contribution in [0.15, 0.2) is 0 Å². The predicted molar refractivity (Wildman–Crippen MR) is 72.8 cm³/mol. The highest BCUT2D eigenvalue weighted by Gasteiger charge is 2.36. The largest absolute Gasteiger partial charge is 0.396 e. The molecule has 2 aliphatic carbocycles. The highest BCUT2D eigenvalue weighted by Crippen LogP contribution is 2.42. The molecule has 2 aliphatic rings. The van der Waals surface area contributed by atoms with Gasteiger partial charge >= 0.3 is 0 Å². The lowest BCUT2D eigenvalue weighted by Gasteiger charge is -2.40. The van der Waals surface area contributed by atoms with Crippen molar-refractivity contribution in [2.75, 3.05) is 6.61 Å². The number of ketones is 1. The first kappa shape index (κ1) is 14.9. The van der Waals surface area contributed by atoms with Gasteiger partial charge in [-0.3, -0.25) is 4.79 Å². The van der Waals surface area contributed by atoms with E-state index in [1.807, 2.05) is 0 Å². The van der Waals surface area contributed by atoms with E-state index in [0.717, 1.165) is 38.5 Å². The third-order valence-electron chi connectivity index (χ3n) is 5.38. The molecule has 0 bridgehead atoms. The first-order valence-corrected chi connectivity index (χ1v) is 7.66. The van der Waals surface area contributed by atoms with Crippen LogP contribution >= 0.6 is 0 Å². The van der Waals surface area contributed by atoms with Crippen molar-refractivity contribution in [1.82, 2.24) is 5.48 Å². The topological polar surface area (TPSA) is 69.6 Å². The second-order valence-electron chi connectivity index (χ2n) is 6.49. The fraction of sp³-hybridized carbons (Fsp3) is 0.933. The maximum atomic E-state index is 11.6. The van der Waals surface area contributed by atoms with Crippen molar-refractivity contribution in [1.29, 1.82) is 0 Å². The highest BCUT2D eigenvalue weighted by atomic mass is 16.5. The molecule has 5 atom stereocenters. The van der Waals surface area contributed by atoms with Crippen molar-refractivity contribution in [2.24, 2.45) is 23.7 Å². The van der Waals surface area contributed by atoms with Gasteiger partial charge in [-0.05, 0) is 56.8 Å². The van der Waals surface area contributed by atoms with Crippen molar-refractivity contribution in [2.45, 2.75) is 57.9 Å². The summed E-state index contributed by atoms with van der Waals surface area (Å²) in [4.78, 5) is 11.6. The van der Waals surface area contributed by atoms with Crippen LogP contribution in [-0.4, -0.2) is 28.7 Å². The summed E-state index contributed by atoms with van der Waals surface area (Å²) < 4.78 is 0. The van der Waals surface area contributed by atoms with Crippen molar-refractivity contribution in [3.63, 3.8) is 0 Å². The number of aliphatic hydroxyl groups excluding tert-OH is 1. The summed E-state index contributed by atoms with van der Waals surface area (Å²) in [6.45, 7) is 1.85. The number of hydroxylamine groups is 1. The Bertz CT molecular complexity index is 308. The van der Waals surface area contributed by atoms with Crippen LogP contribution in [0.5, 0.6) is 0 Å². The molecule has 4 nitrogen and oxygen atoms in total. The van der Waals surface area contributed by atoms with Crippen LogP contribution in [0, 0.1) is 23.7 Å². The summed E-state index contributed by atoms with van der Waals surface area (Å²) in [6.07, 6.45) is 7.49. The molecule has 3 N–H and O–H groups in total. The summed E-state index contributed by atoms with van der Waals surface area (Å²) in [5, 5.41) is 18.5. The van der Waals surface area contributed by atoms with Gasteiger partial charge in [0.05, 0.1) is 0 Å². The van der Waals surface area contributed by atoms with Gasteiger partial charge in [-0.1, -0.05) is 12.8 Å². The maximum absolute atomic E-state index is 11.6. The molecule has 0 aromatic rings. The Morgan fingerprint density at radius 1 is 1.16 bits per heavy atom. The Hall–Kier alpha value is -0.450. The van der Waals surface area contributed by atoms with Crippen molar-refractivity contribution < 1.29 is 15.1 Å². The lowest BCUT2D eigenvalue weighted by molar-refractivity contribution is -0.122. The lowest BCUT2D eigenvalue weighted by Crippen LogP contribution is -2.42. The van der Waals surface area contributed by atoms with Gasteiger partial charge in [-0.2, -0.15) is 0 Å². The fourth-order valence-corrected chi connectivity index (χ4v) is 4.13. The monoisotopic (exact) mass is 269 g/mol. The van der Waals surface area contributed by atoms with Gasteiger partial charge in [0.15, 0.2) is 0 Å². The Balaban J connectivity index is 1.93. The number of nitrogens with one attached hydrogen (secondary N) is 1. The summed E-state index contributed by atoms with van der Waals surface area (Å²) in [7, 11) is 0. The minimum atomic E-state index is 0.0356. The van der Waals surface area contributed by atoms with Crippen molar-refractivity contribution in [3.8, 4) is 0 Å². The molecular formula is C15H27NO3. The van der Waals surface area contributed by atoms with Crippen LogP contribution in [-0.2, 0) is 4.79 Å². The molecule has 0 aromatic heterocycles. The number of carbonyl (C=O) groups is 1. The van der Waals surface area contributed by atoms with E-state index >= 15 is 0 Å². The third kappa shape index (κ3) is 3.56. The van der Waals surface area contributed by atoms with Gasteiger partial charge in [0.2, 0.25) is 0 Å². The minimum absolute atomic E-state index is 0.0356. The molecule has 2 fully saturated rings. The van der Waals surface area contributed by atoms with Crippen LogP contribution in [0.4, 0.5) is 0 Å². The van der Waals surface area contributed by atoms with Gasteiger partial charge in [-0.25, -0.2) is 5.48 Å². The van der Waals surface area contributed by atoms with Gasteiger partial charge in [0, 0.05) is 18.6 Å². The molecule has 0 amide bonds. The van der Waals surface area contributed by atoms with E-state index in [1.54, 1.807) is 6.92 Å². The summed E-state index contributed by atoms with van der Waals surface area (Å²) in [6, 6.07) is 0.0356. The molecule has 0 saturated heterocycles. The Kier molecular flexibility index (Phi) is 5.37. The second-order valence-corrected chi connectivity index (χ2v) is 6.49. The van der Waals surface area contributed by atoms with Crippen LogP contribution < -0.4 is 5.48 Å². The van der Waals surface area contributed by atoms with Crippen molar-refractivity contribution >= 4 is 5.78 Å². The number of hydrogen-bond donors (Lipinski definition) is 3. The van der Waals surface area contributed by atoms with Gasteiger partial charge in [0.25, 0.3) is 0 Å². The zero-order valence-electron chi connectivity index (χ0n) is 11.8. The Morgan fingerprint density at radius 3 is 2.53 bits per heavy atom. The molecule has 110 valence electrons. The maximum Gasteiger partial charge on any atom is 0.132 e. The molecule has 0 aromatic carbocycles. The van der Waals surface area contributed by atoms with Gasteiger partial charge in [-0.15, -0.1) is 0 Å². The Labute approximate surface area is 115 Å². The lowest BCUT2D eigenvalue weighted by atomic mass is 9.67. The molecule has 0 aliphatic heterocycles. The predicted octanol–water partition coefficient (Wildman–Crippen LogP) is 2.14. The molecule has 4 heteroatoms. The average Bonchev–Trinajstić information content (AvgIpc) is 2.46. The highest BCUT2D eigenvalue weighted by molar-refractivity contribution is 5.78. The number of rotatable bonds is 4. The number of hydrogen-bond acceptors (Lipinski definition) is 4. The quantitative estimate of drug-likeness (QED) is 0.684. The first-order chi connectivity index (χ1) is 9.15. The fourth-order valence-electron chi connectivity index (χ4n) is 4.13. The van der Waals surface area contributed by atoms with Gasteiger partial charge < -0.3 is 10.3 Å². The Morgan fingerprint density at radius 2 is 1.89 bits per heavy atom. The second kappa shape index (κ2) is 6.82. The smallest absolute Gasteiger partial charge is 0.132 e. The molecule has 2 rings (SSSR count). The van der Waals surface area contributed by atoms with E-state index in [0.29, 0.717) is 17.6 Å². The standard InChI is InChI=1S/C15H27NO3/c1-10(18)11-3-2-4-12(7-11)13-5-6-15(16-19)14(8-13)9-17/h11-17,19H,2-9H2,1H3. The summed E-state index contributed by atoms with van der Waals surface area (Å²) >= 11 is 0. The number of Topliss-reactive ketones (excluding diaryl/α,β-unsaturated/α-hetero) is 1. The zero-order valence-corrected chi connectivity index (χ0v) is 11.8. The molecule has 19 heavy (non-hydrogen) atoms. The molecule has 0 heterocycles. The molecule has 2 saturated carbocycles. The normalized spacial score (nSPS) is 40.1. The molecule has 0 spiro atoms. The van der Waals surface area contributed by atoms with Crippen LogP contribution in [0.1, 0.15) is 51.9 Å². The summed E-state index contributed by atoms with van der Waals surface area (Å²) in [5.41, 5.74) is 2.34. The van der Waals surface area contributed by atoms with Crippen molar-refractivity contribution in [3.05, 3.63) is 0 Å². The van der Waals surface area contributed by atoms with Crippen LogP contribution in [0.2, 0.25) is 0 Å². The van der Waals surface area contributed by atoms with E-state index < -0.39 is 0 Å².